The van der Waals surface area contributed by atoms with Crippen LogP contribution in [0.15, 0.2) is 79.0 Å². The van der Waals surface area contributed by atoms with Crippen molar-refractivity contribution in [2.75, 3.05) is 43.5 Å². The third kappa shape index (κ3) is 7.58. The summed E-state index contributed by atoms with van der Waals surface area (Å²) in [6.45, 7) is 4.86. The number of nitrogens with one attached hydrogen (secondary N) is 2. The number of carbonyl (C=O) groups excluding carboxylic acids is 1. The molecule has 1 fully saturated rings. The monoisotopic (exact) mass is 511 g/mol. The van der Waals surface area contributed by atoms with E-state index in [2.05, 4.69) is 26.6 Å². The molecular formula is C30H33N5O3. The van der Waals surface area contributed by atoms with Crippen LogP contribution in [0.3, 0.4) is 0 Å². The first-order valence-electron chi connectivity index (χ1n) is 13.0. The van der Waals surface area contributed by atoms with Crippen molar-refractivity contribution in [2.24, 2.45) is 0 Å². The Morgan fingerprint density at radius 3 is 2.66 bits per heavy atom. The maximum Gasteiger partial charge on any atom is 0.248 e. The molecule has 8 heteroatoms. The highest BCUT2D eigenvalue weighted by atomic mass is 16.5. The standard InChI is InChI=1S/C30H33N5O3/c36-29(9-6-14-35-12-1-2-13-35)32-26-18-24-19-27(20-26)33-30-31-11-10-28(34-30)25-8-5-7-23(17-25)21-37-15-3-4-16-38-22-24/h3-11,17-20H,1-2,12-16,21-22H2,(H,32,36)(H,31,33,34)/b4-3+,9-6+. The van der Waals surface area contributed by atoms with Crippen LogP contribution in [-0.4, -0.2) is 53.6 Å². The Balaban J connectivity index is 1.37. The summed E-state index contributed by atoms with van der Waals surface area (Å²) >= 11 is 0. The van der Waals surface area contributed by atoms with Gasteiger partial charge in [0, 0.05) is 35.8 Å². The number of nitrogens with zero attached hydrogens (tertiary/aromatic N) is 3. The van der Waals surface area contributed by atoms with Gasteiger partial charge in [0.15, 0.2) is 0 Å². The Kier molecular flexibility index (Phi) is 8.89. The highest BCUT2D eigenvalue weighted by molar-refractivity contribution is 5.99. The lowest BCUT2D eigenvalue weighted by atomic mass is 10.1. The van der Waals surface area contributed by atoms with Crippen molar-refractivity contribution in [3.63, 3.8) is 0 Å². The van der Waals surface area contributed by atoms with Crippen molar-refractivity contribution in [1.29, 1.82) is 0 Å². The summed E-state index contributed by atoms with van der Waals surface area (Å²) < 4.78 is 11.6. The van der Waals surface area contributed by atoms with Crippen molar-refractivity contribution in [2.45, 2.75) is 26.1 Å². The summed E-state index contributed by atoms with van der Waals surface area (Å²) in [7, 11) is 0. The Morgan fingerprint density at radius 2 is 1.82 bits per heavy atom. The van der Waals surface area contributed by atoms with Gasteiger partial charge in [0.05, 0.1) is 32.1 Å². The minimum absolute atomic E-state index is 0.163. The van der Waals surface area contributed by atoms with E-state index in [0.29, 0.717) is 38.1 Å². The van der Waals surface area contributed by atoms with Gasteiger partial charge in [0.1, 0.15) is 0 Å². The summed E-state index contributed by atoms with van der Waals surface area (Å²) in [5.41, 5.74) is 5.22. The summed E-state index contributed by atoms with van der Waals surface area (Å²) in [5.74, 6) is 0.304. The van der Waals surface area contributed by atoms with E-state index in [1.54, 1.807) is 12.3 Å². The molecule has 8 nitrogen and oxygen atoms in total. The largest absolute Gasteiger partial charge is 0.373 e. The van der Waals surface area contributed by atoms with Gasteiger partial charge in [-0.25, -0.2) is 9.97 Å². The van der Waals surface area contributed by atoms with E-state index in [-0.39, 0.29) is 5.91 Å². The van der Waals surface area contributed by atoms with Crippen LogP contribution in [0.5, 0.6) is 0 Å². The molecule has 2 aliphatic heterocycles. The quantitative estimate of drug-likeness (QED) is 0.373. The number of ether oxygens (including phenoxy) is 2. The molecule has 196 valence electrons. The number of hydrogen-bond donors (Lipinski definition) is 2. The predicted molar refractivity (Wildman–Crippen MR) is 149 cm³/mol. The fourth-order valence-electron chi connectivity index (χ4n) is 4.53. The highest BCUT2D eigenvalue weighted by Gasteiger charge is 2.10. The van der Waals surface area contributed by atoms with Crippen LogP contribution in [0, 0.1) is 0 Å². The molecule has 1 amide bonds. The van der Waals surface area contributed by atoms with Gasteiger partial charge in [-0.05, 0) is 67.4 Å². The number of hydrogen-bond acceptors (Lipinski definition) is 7. The molecule has 0 spiro atoms. The number of amides is 1. The number of rotatable bonds is 4. The van der Waals surface area contributed by atoms with Crippen LogP contribution in [0.2, 0.25) is 0 Å². The Morgan fingerprint density at radius 1 is 1.00 bits per heavy atom. The van der Waals surface area contributed by atoms with Crippen molar-refractivity contribution >= 4 is 23.2 Å². The van der Waals surface area contributed by atoms with Crippen LogP contribution in [0.1, 0.15) is 24.0 Å². The van der Waals surface area contributed by atoms with Crippen LogP contribution >= 0.6 is 0 Å². The average molecular weight is 512 g/mol. The van der Waals surface area contributed by atoms with E-state index in [9.17, 15) is 4.79 Å². The minimum Gasteiger partial charge on any atom is -0.373 e. The molecule has 0 atom stereocenters. The van der Waals surface area contributed by atoms with Gasteiger partial charge in [-0.2, -0.15) is 0 Å². The Labute approximate surface area is 223 Å². The van der Waals surface area contributed by atoms with E-state index < -0.39 is 0 Å². The van der Waals surface area contributed by atoms with Gasteiger partial charge in [0.2, 0.25) is 11.9 Å². The molecule has 0 radical (unpaired) electrons. The SMILES string of the molecule is O=C(/C=C/CN1CCCC1)Nc1cc2cc(c1)Nc1nccc(n1)-c1cccc(c1)COC/C=C/COC2. The van der Waals surface area contributed by atoms with Gasteiger partial charge in [-0.1, -0.05) is 36.4 Å². The molecule has 2 N–H and O–H groups in total. The van der Waals surface area contributed by atoms with Gasteiger partial charge < -0.3 is 20.1 Å². The van der Waals surface area contributed by atoms with Gasteiger partial charge in [-0.15, -0.1) is 0 Å². The van der Waals surface area contributed by atoms with Gasteiger partial charge in [0.25, 0.3) is 0 Å². The fraction of sp³-hybridized carbons (Fsp3) is 0.300. The molecule has 2 aromatic carbocycles. The number of carbonyl (C=O) groups is 1. The molecule has 0 saturated carbocycles. The van der Waals surface area contributed by atoms with Crippen molar-refractivity contribution in [3.05, 3.63) is 90.2 Å². The molecule has 3 heterocycles. The van der Waals surface area contributed by atoms with Crippen LogP contribution < -0.4 is 10.6 Å². The second-order valence-corrected chi connectivity index (χ2v) is 9.41. The van der Waals surface area contributed by atoms with E-state index in [1.165, 1.54) is 12.8 Å². The number of likely N-dealkylation sites (tertiary alicyclic amines) is 1. The lowest BCUT2D eigenvalue weighted by Crippen LogP contribution is -2.19. The fourth-order valence-corrected chi connectivity index (χ4v) is 4.53. The van der Waals surface area contributed by atoms with Crippen molar-refractivity contribution in [1.82, 2.24) is 14.9 Å². The maximum atomic E-state index is 12.6. The molecule has 3 aromatic rings. The van der Waals surface area contributed by atoms with Crippen molar-refractivity contribution in [3.8, 4) is 11.3 Å². The number of aromatic nitrogens is 2. The molecule has 2 aliphatic rings. The van der Waals surface area contributed by atoms with Crippen LogP contribution in [0.4, 0.5) is 17.3 Å². The second kappa shape index (κ2) is 13.1. The van der Waals surface area contributed by atoms with Gasteiger partial charge in [-0.3, -0.25) is 9.69 Å². The zero-order chi connectivity index (χ0) is 26.0. The highest BCUT2D eigenvalue weighted by Crippen LogP contribution is 2.24. The molecule has 5 rings (SSSR count). The van der Waals surface area contributed by atoms with E-state index >= 15 is 0 Å². The Bertz CT molecular complexity index is 1300. The number of anilines is 3. The Hall–Kier alpha value is -3.85. The molecular weight excluding hydrogens is 478 g/mol. The summed E-state index contributed by atoms with van der Waals surface area (Å²) in [6.07, 6.45) is 11.6. The third-order valence-corrected chi connectivity index (χ3v) is 6.36. The predicted octanol–water partition coefficient (Wildman–Crippen LogP) is 5.08. The smallest absolute Gasteiger partial charge is 0.248 e. The summed E-state index contributed by atoms with van der Waals surface area (Å²) in [4.78, 5) is 24.1. The lowest BCUT2D eigenvalue weighted by molar-refractivity contribution is -0.111. The zero-order valence-corrected chi connectivity index (χ0v) is 21.4. The normalized spacial score (nSPS) is 17.4. The zero-order valence-electron chi connectivity index (χ0n) is 21.4. The molecule has 0 aliphatic carbocycles. The lowest BCUT2D eigenvalue weighted by Gasteiger charge is -2.13. The third-order valence-electron chi connectivity index (χ3n) is 6.36. The first-order chi connectivity index (χ1) is 18.7. The molecule has 1 aromatic heterocycles. The molecule has 0 unspecified atom stereocenters. The van der Waals surface area contributed by atoms with E-state index in [0.717, 1.165) is 47.7 Å². The van der Waals surface area contributed by atoms with Crippen molar-refractivity contribution < 1.29 is 14.3 Å². The summed E-state index contributed by atoms with van der Waals surface area (Å²) in [6, 6.07) is 15.8. The second-order valence-electron chi connectivity index (χ2n) is 9.41. The summed E-state index contributed by atoms with van der Waals surface area (Å²) in [5, 5.41) is 6.28. The molecule has 38 heavy (non-hydrogen) atoms. The van der Waals surface area contributed by atoms with E-state index in [4.69, 9.17) is 14.5 Å². The molecule has 1 saturated heterocycles. The topological polar surface area (TPSA) is 88.6 Å². The first kappa shape index (κ1) is 25.8. The number of benzene rings is 2. The molecule has 6 bridgehead atoms. The number of fused-ring (bicyclic) bond motifs is 7. The van der Waals surface area contributed by atoms with E-state index in [1.807, 2.05) is 60.7 Å². The average Bonchev–Trinajstić information content (AvgIpc) is 3.44. The maximum absolute atomic E-state index is 12.6. The van der Waals surface area contributed by atoms with Crippen LogP contribution in [0.25, 0.3) is 11.3 Å². The first-order valence-corrected chi connectivity index (χ1v) is 13.0. The van der Waals surface area contributed by atoms with Crippen LogP contribution in [-0.2, 0) is 27.5 Å². The van der Waals surface area contributed by atoms with Gasteiger partial charge >= 0.3 is 0 Å². The minimum atomic E-state index is -0.163.